The summed E-state index contributed by atoms with van der Waals surface area (Å²) in [4.78, 5) is 11.1. The molecule has 0 saturated carbocycles. The molecular formula is C16H20N4. The monoisotopic (exact) mass is 268 g/mol. The average molecular weight is 268 g/mol. The van der Waals surface area contributed by atoms with Crippen LogP contribution in [-0.2, 0) is 25.9 Å². The summed E-state index contributed by atoms with van der Waals surface area (Å²) in [5.41, 5.74) is 10.9. The largest absolute Gasteiger partial charge is 0.355 e. The van der Waals surface area contributed by atoms with Gasteiger partial charge in [0.05, 0.1) is 0 Å². The molecule has 1 aliphatic rings. The second kappa shape index (κ2) is 5.59. The third-order valence-corrected chi connectivity index (χ3v) is 3.86. The predicted octanol–water partition coefficient (Wildman–Crippen LogP) is 2.06. The second-order valence-corrected chi connectivity index (χ2v) is 5.35. The molecular weight excluding hydrogens is 248 g/mol. The second-order valence-electron chi connectivity index (χ2n) is 5.35. The fourth-order valence-corrected chi connectivity index (χ4v) is 2.83. The lowest BCUT2D eigenvalue weighted by molar-refractivity contribution is 0.857. The molecule has 2 aromatic heterocycles. The van der Waals surface area contributed by atoms with Crippen molar-refractivity contribution in [1.82, 2.24) is 9.97 Å². The Balaban J connectivity index is 1.89. The molecule has 0 saturated heterocycles. The van der Waals surface area contributed by atoms with Gasteiger partial charge in [-0.05, 0) is 48.6 Å². The van der Waals surface area contributed by atoms with Crippen LogP contribution in [0.4, 0.5) is 5.82 Å². The van der Waals surface area contributed by atoms with Gasteiger partial charge < -0.3 is 10.6 Å². The fraction of sp³-hybridized carbons (Fsp3) is 0.375. The topological polar surface area (TPSA) is 55.0 Å². The number of aryl methyl sites for hydroxylation is 2. The molecule has 1 aliphatic carbocycles. The Kier molecular flexibility index (Phi) is 3.65. The van der Waals surface area contributed by atoms with Gasteiger partial charge in [0, 0.05) is 43.8 Å². The van der Waals surface area contributed by atoms with Crippen LogP contribution in [0.3, 0.4) is 0 Å². The Morgan fingerprint density at radius 3 is 2.80 bits per heavy atom. The van der Waals surface area contributed by atoms with Crippen molar-refractivity contribution in [3.8, 4) is 0 Å². The van der Waals surface area contributed by atoms with Gasteiger partial charge in [0.2, 0.25) is 0 Å². The Bertz CT molecular complexity index is 595. The first-order valence-corrected chi connectivity index (χ1v) is 7.09. The van der Waals surface area contributed by atoms with Crippen molar-refractivity contribution >= 4 is 5.82 Å². The van der Waals surface area contributed by atoms with Crippen molar-refractivity contribution < 1.29 is 0 Å². The molecule has 0 radical (unpaired) electrons. The summed E-state index contributed by atoms with van der Waals surface area (Å²) < 4.78 is 0. The van der Waals surface area contributed by atoms with Gasteiger partial charge in [0.25, 0.3) is 0 Å². The molecule has 0 aromatic carbocycles. The van der Waals surface area contributed by atoms with E-state index in [0.29, 0.717) is 6.54 Å². The molecule has 104 valence electrons. The molecule has 4 heteroatoms. The number of aromatic nitrogens is 2. The molecule has 0 spiro atoms. The minimum absolute atomic E-state index is 0.538. The summed E-state index contributed by atoms with van der Waals surface area (Å²) in [6.45, 7) is 1.36. The van der Waals surface area contributed by atoms with Crippen molar-refractivity contribution in [3.63, 3.8) is 0 Å². The average Bonchev–Trinajstić information content (AvgIpc) is 2.94. The first kappa shape index (κ1) is 13.1. The van der Waals surface area contributed by atoms with Crippen LogP contribution in [0, 0.1) is 0 Å². The van der Waals surface area contributed by atoms with Crippen LogP contribution >= 0.6 is 0 Å². The van der Waals surface area contributed by atoms with E-state index in [0.717, 1.165) is 30.8 Å². The SMILES string of the molecule is CN(Cc1ccncc1)c1nc2c(cc1CN)CCC2. The van der Waals surface area contributed by atoms with Crippen LogP contribution in [0.25, 0.3) is 0 Å². The van der Waals surface area contributed by atoms with E-state index in [1.54, 1.807) is 0 Å². The molecule has 0 fully saturated rings. The quantitative estimate of drug-likeness (QED) is 0.922. The van der Waals surface area contributed by atoms with Crippen LogP contribution < -0.4 is 10.6 Å². The number of pyridine rings is 2. The molecule has 2 N–H and O–H groups in total. The summed E-state index contributed by atoms with van der Waals surface area (Å²) in [5.74, 6) is 1.02. The molecule has 4 nitrogen and oxygen atoms in total. The van der Waals surface area contributed by atoms with Crippen molar-refractivity contribution in [1.29, 1.82) is 0 Å². The summed E-state index contributed by atoms with van der Waals surface area (Å²) in [7, 11) is 2.07. The molecule has 20 heavy (non-hydrogen) atoms. The number of hydrogen-bond acceptors (Lipinski definition) is 4. The maximum atomic E-state index is 5.90. The molecule has 3 rings (SSSR count). The summed E-state index contributed by atoms with van der Waals surface area (Å²) >= 11 is 0. The zero-order chi connectivity index (χ0) is 13.9. The molecule has 0 amide bonds. The van der Waals surface area contributed by atoms with Crippen molar-refractivity contribution in [3.05, 3.63) is 53.0 Å². The highest BCUT2D eigenvalue weighted by atomic mass is 15.2. The van der Waals surface area contributed by atoms with Gasteiger partial charge >= 0.3 is 0 Å². The van der Waals surface area contributed by atoms with Crippen LogP contribution in [0.5, 0.6) is 0 Å². The Morgan fingerprint density at radius 1 is 1.25 bits per heavy atom. The zero-order valence-corrected chi connectivity index (χ0v) is 11.8. The lowest BCUT2D eigenvalue weighted by atomic mass is 10.1. The minimum Gasteiger partial charge on any atom is -0.355 e. The van der Waals surface area contributed by atoms with Crippen LogP contribution in [-0.4, -0.2) is 17.0 Å². The standard InChI is InChI=1S/C16H20N4/c1-20(11-12-5-7-18-8-6-12)16-14(10-17)9-13-3-2-4-15(13)19-16/h5-9H,2-4,10-11,17H2,1H3. The van der Waals surface area contributed by atoms with E-state index in [2.05, 4.69) is 23.0 Å². The number of hydrogen-bond donors (Lipinski definition) is 1. The molecule has 2 aromatic rings. The smallest absolute Gasteiger partial charge is 0.133 e. The van der Waals surface area contributed by atoms with E-state index >= 15 is 0 Å². The number of fused-ring (bicyclic) bond motifs is 1. The lowest BCUT2D eigenvalue weighted by Crippen LogP contribution is -2.21. The van der Waals surface area contributed by atoms with Gasteiger partial charge in [-0.3, -0.25) is 4.98 Å². The summed E-state index contributed by atoms with van der Waals surface area (Å²) in [5, 5.41) is 0. The van der Waals surface area contributed by atoms with Gasteiger partial charge in [0.1, 0.15) is 5.82 Å². The number of rotatable bonds is 4. The normalized spacial score (nSPS) is 13.3. The zero-order valence-electron chi connectivity index (χ0n) is 11.8. The summed E-state index contributed by atoms with van der Waals surface area (Å²) in [6, 6.07) is 6.31. The van der Waals surface area contributed by atoms with E-state index in [1.807, 2.05) is 24.5 Å². The Morgan fingerprint density at radius 2 is 2.05 bits per heavy atom. The molecule has 0 atom stereocenters. The molecule has 0 aliphatic heterocycles. The van der Waals surface area contributed by atoms with Crippen molar-refractivity contribution in [2.24, 2.45) is 5.73 Å². The van der Waals surface area contributed by atoms with E-state index < -0.39 is 0 Å². The third-order valence-electron chi connectivity index (χ3n) is 3.86. The maximum Gasteiger partial charge on any atom is 0.133 e. The predicted molar refractivity (Wildman–Crippen MR) is 80.5 cm³/mol. The molecule has 2 heterocycles. The highest BCUT2D eigenvalue weighted by Crippen LogP contribution is 2.27. The maximum absolute atomic E-state index is 5.90. The van der Waals surface area contributed by atoms with Gasteiger partial charge in [-0.25, -0.2) is 4.98 Å². The highest BCUT2D eigenvalue weighted by molar-refractivity contribution is 5.50. The number of nitrogens with two attached hydrogens (primary N) is 1. The Hall–Kier alpha value is -1.94. The van der Waals surface area contributed by atoms with E-state index in [1.165, 1.54) is 23.2 Å². The number of anilines is 1. The minimum atomic E-state index is 0.538. The fourth-order valence-electron chi connectivity index (χ4n) is 2.83. The number of nitrogens with zero attached hydrogens (tertiary/aromatic N) is 3. The van der Waals surface area contributed by atoms with Crippen LogP contribution in [0.1, 0.15) is 28.8 Å². The lowest BCUT2D eigenvalue weighted by Gasteiger charge is -2.22. The third kappa shape index (κ3) is 2.51. The highest BCUT2D eigenvalue weighted by Gasteiger charge is 2.17. The molecule has 0 bridgehead atoms. The van der Waals surface area contributed by atoms with Gasteiger partial charge in [0.15, 0.2) is 0 Å². The van der Waals surface area contributed by atoms with Gasteiger partial charge in [-0.2, -0.15) is 0 Å². The van der Waals surface area contributed by atoms with E-state index in [9.17, 15) is 0 Å². The van der Waals surface area contributed by atoms with Crippen molar-refractivity contribution in [2.45, 2.75) is 32.4 Å². The van der Waals surface area contributed by atoms with Crippen LogP contribution in [0.15, 0.2) is 30.6 Å². The first-order valence-electron chi connectivity index (χ1n) is 7.09. The summed E-state index contributed by atoms with van der Waals surface area (Å²) in [6.07, 6.45) is 7.09. The van der Waals surface area contributed by atoms with Gasteiger partial charge in [-0.1, -0.05) is 0 Å². The van der Waals surface area contributed by atoms with E-state index in [-0.39, 0.29) is 0 Å². The van der Waals surface area contributed by atoms with Crippen LogP contribution in [0.2, 0.25) is 0 Å². The van der Waals surface area contributed by atoms with Crippen molar-refractivity contribution in [2.75, 3.05) is 11.9 Å². The Labute approximate surface area is 119 Å². The van der Waals surface area contributed by atoms with Gasteiger partial charge in [-0.15, -0.1) is 0 Å². The molecule has 0 unspecified atom stereocenters. The van der Waals surface area contributed by atoms with E-state index in [4.69, 9.17) is 10.7 Å². The first-order chi connectivity index (χ1) is 9.78.